The average molecular weight is 304 g/mol. The Balaban J connectivity index is 2.14. The number of amides is 1. The van der Waals surface area contributed by atoms with Gasteiger partial charge in [0.15, 0.2) is 0 Å². The van der Waals surface area contributed by atoms with Gasteiger partial charge in [0.2, 0.25) is 0 Å². The van der Waals surface area contributed by atoms with Gasteiger partial charge in [-0.1, -0.05) is 48.9 Å². The highest BCUT2D eigenvalue weighted by Crippen LogP contribution is 2.34. The molecule has 1 aliphatic rings. The second kappa shape index (κ2) is 6.24. The van der Waals surface area contributed by atoms with Crippen LogP contribution in [0.3, 0.4) is 0 Å². The fourth-order valence-electron chi connectivity index (χ4n) is 2.46. The second-order valence-corrected chi connectivity index (χ2v) is 6.22. The Bertz CT molecular complexity index is 638. The fraction of sp³-hybridized carbons (Fsp3) is 0.353. The van der Waals surface area contributed by atoms with Crippen LogP contribution in [0.15, 0.2) is 35.9 Å². The molecule has 1 aromatic rings. The zero-order valence-electron chi connectivity index (χ0n) is 12.2. The molecule has 1 aliphatic heterocycles. The number of piperidine rings is 1. The van der Waals surface area contributed by atoms with Crippen LogP contribution in [0.5, 0.6) is 0 Å². The van der Waals surface area contributed by atoms with Gasteiger partial charge >= 0.3 is 6.09 Å². The zero-order valence-corrected chi connectivity index (χ0v) is 12.9. The summed E-state index contributed by atoms with van der Waals surface area (Å²) < 4.78 is 0. The average Bonchev–Trinajstić information content (AvgIpc) is 2.40. The maximum Gasteiger partial charge on any atom is 0.407 e. The standard InChI is InChI=1S/C17H18ClNO2/c1-17(2)12-19(16(20)21)10-9-14(17)7-3-5-13-6-4-8-15(18)11-13/h4,6-8,11H,9-10,12H2,1-2H3,(H,20,21). The molecule has 3 nitrogen and oxygen atoms in total. The minimum Gasteiger partial charge on any atom is -0.465 e. The van der Waals surface area contributed by atoms with Crippen LogP contribution in [0.1, 0.15) is 25.8 Å². The third kappa shape index (κ3) is 4.03. The van der Waals surface area contributed by atoms with Gasteiger partial charge in [-0.3, -0.25) is 0 Å². The molecule has 0 aromatic heterocycles. The quantitative estimate of drug-likeness (QED) is 0.735. The number of carbonyl (C=O) groups is 1. The van der Waals surface area contributed by atoms with Crippen molar-refractivity contribution in [1.82, 2.24) is 4.90 Å². The number of hydrogen-bond acceptors (Lipinski definition) is 1. The fourth-order valence-corrected chi connectivity index (χ4v) is 2.65. The molecule has 2 rings (SSSR count). The van der Waals surface area contributed by atoms with Crippen molar-refractivity contribution in [2.75, 3.05) is 13.1 Å². The molecule has 21 heavy (non-hydrogen) atoms. The Hall–Kier alpha value is -1.92. The van der Waals surface area contributed by atoms with Crippen molar-refractivity contribution >= 4 is 17.7 Å². The Labute approximate surface area is 130 Å². The number of rotatable bonds is 0. The van der Waals surface area contributed by atoms with Gasteiger partial charge in [-0.15, -0.1) is 0 Å². The van der Waals surface area contributed by atoms with Crippen LogP contribution in [-0.4, -0.2) is 29.2 Å². The van der Waals surface area contributed by atoms with Crippen molar-refractivity contribution in [3.63, 3.8) is 0 Å². The predicted molar refractivity (Wildman–Crippen MR) is 84.4 cm³/mol. The first-order valence-electron chi connectivity index (χ1n) is 6.83. The first-order chi connectivity index (χ1) is 9.88. The van der Waals surface area contributed by atoms with Crippen molar-refractivity contribution in [2.45, 2.75) is 20.3 Å². The van der Waals surface area contributed by atoms with Crippen molar-refractivity contribution in [2.24, 2.45) is 5.41 Å². The summed E-state index contributed by atoms with van der Waals surface area (Å²) in [6.07, 6.45) is 1.79. The van der Waals surface area contributed by atoms with E-state index in [4.69, 9.17) is 16.7 Å². The number of likely N-dealkylation sites (tertiary alicyclic amines) is 1. The monoisotopic (exact) mass is 303 g/mol. The van der Waals surface area contributed by atoms with E-state index in [1.165, 1.54) is 10.5 Å². The van der Waals surface area contributed by atoms with Crippen LogP contribution in [0, 0.1) is 17.3 Å². The summed E-state index contributed by atoms with van der Waals surface area (Å²) in [5.74, 6) is 6.13. The Morgan fingerprint density at radius 3 is 2.86 bits per heavy atom. The predicted octanol–water partition coefficient (Wildman–Crippen LogP) is 4.03. The second-order valence-electron chi connectivity index (χ2n) is 5.79. The molecular formula is C17H18ClNO2. The van der Waals surface area contributed by atoms with Crippen molar-refractivity contribution in [1.29, 1.82) is 0 Å². The number of carboxylic acid groups (broad SMARTS) is 1. The third-order valence-corrected chi connectivity index (χ3v) is 3.90. The molecule has 0 unspecified atom stereocenters. The molecule has 1 fully saturated rings. The lowest BCUT2D eigenvalue weighted by Crippen LogP contribution is -2.44. The summed E-state index contributed by atoms with van der Waals surface area (Å²) in [6.45, 7) is 5.14. The summed E-state index contributed by atoms with van der Waals surface area (Å²) in [5.41, 5.74) is 1.88. The van der Waals surface area contributed by atoms with Crippen LogP contribution >= 0.6 is 11.6 Å². The molecule has 0 spiro atoms. The molecule has 1 heterocycles. The van der Waals surface area contributed by atoms with Crippen LogP contribution in [0.2, 0.25) is 5.02 Å². The van der Waals surface area contributed by atoms with E-state index >= 15 is 0 Å². The van der Waals surface area contributed by atoms with Crippen molar-refractivity contribution in [3.05, 3.63) is 46.5 Å². The molecular weight excluding hydrogens is 286 g/mol. The highest BCUT2D eigenvalue weighted by Gasteiger charge is 2.32. The lowest BCUT2D eigenvalue weighted by Gasteiger charge is -2.38. The number of hydrogen-bond donors (Lipinski definition) is 1. The van der Waals surface area contributed by atoms with Gasteiger partial charge in [0.25, 0.3) is 0 Å². The van der Waals surface area contributed by atoms with E-state index in [0.717, 1.165) is 12.0 Å². The number of nitrogens with zero attached hydrogens (tertiary/aromatic N) is 1. The van der Waals surface area contributed by atoms with Gasteiger partial charge in [-0.25, -0.2) is 4.79 Å². The smallest absolute Gasteiger partial charge is 0.407 e. The van der Waals surface area contributed by atoms with Gasteiger partial charge < -0.3 is 10.0 Å². The maximum absolute atomic E-state index is 11.0. The number of benzene rings is 1. The molecule has 110 valence electrons. The number of allylic oxidation sites excluding steroid dienone is 1. The summed E-state index contributed by atoms with van der Waals surface area (Å²) in [6, 6.07) is 7.42. The lowest BCUT2D eigenvalue weighted by atomic mass is 9.79. The normalized spacial score (nSPS) is 19.0. The summed E-state index contributed by atoms with van der Waals surface area (Å²) in [7, 11) is 0. The van der Waals surface area contributed by atoms with Crippen LogP contribution < -0.4 is 0 Å². The van der Waals surface area contributed by atoms with Gasteiger partial charge in [0.05, 0.1) is 0 Å². The Morgan fingerprint density at radius 1 is 1.48 bits per heavy atom. The summed E-state index contributed by atoms with van der Waals surface area (Å²) in [5, 5.41) is 9.74. The van der Waals surface area contributed by atoms with Crippen molar-refractivity contribution < 1.29 is 9.90 Å². The van der Waals surface area contributed by atoms with Gasteiger partial charge in [-0.05, 0) is 30.7 Å². The third-order valence-electron chi connectivity index (χ3n) is 3.66. The van der Waals surface area contributed by atoms with Crippen molar-refractivity contribution in [3.8, 4) is 11.8 Å². The molecule has 0 bridgehead atoms. The van der Waals surface area contributed by atoms with E-state index in [9.17, 15) is 4.79 Å². The molecule has 4 heteroatoms. The Morgan fingerprint density at radius 2 is 2.24 bits per heavy atom. The van der Waals surface area contributed by atoms with Crippen LogP contribution in [0.25, 0.3) is 0 Å². The zero-order chi connectivity index (χ0) is 15.5. The molecule has 1 amide bonds. The van der Waals surface area contributed by atoms with E-state index < -0.39 is 6.09 Å². The Kier molecular flexibility index (Phi) is 4.59. The van der Waals surface area contributed by atoms with Crippen LogP contribution in [0.4, 0.5) is 4.79 Å². The molecule has 1 saturated heterocycles. The molecule has 0 aliphatic carbocycles. The highest BCUT2D eigenvalue weighted by molar-refractivity contribution is 6.30. The molecule has 1 aromatic carbocycles. The minimum atomic E-state index is -0.855. The topological polar surface area (TPSA) is 40.5 Å². The SMILES string of the molecule is CC1(C)CN(C(=O)O)CCC1=CC#Cc1cccc(Cl)c1. The molecule has 0 saturated carbocycles. The van der Waals surface area contributed by atoms with Gasteiger partial charge in [-0.2, -0.15) is 0 Å². The highest BCUT2D eigenvalue weighted by atomic mass is 35.5. The summed E-state index contributed by atoms with van der Waals surface area (Å²) >= 11 is 5.92. The van der Waals surface area contributed by atoms with E-state index in [-0.39, 0.29) is 5.41 Å². The summed E-state index contributed by atoms with van der Waals surface area (Å²) in [4.78, 5) is 12.5. The van der Waals surface area contributed by atoms with Gasteiger partial charge in [0.1, 0.15) is 0 Å². The first kappa shape index (κ1) is 15.5. The van der Waals surface area contributed by atoms with E-state index in [0.29, 0.717) is 18.1 Å². The first-order valence-corrected chi connectivity index (χ1v) is 7.21. The van der Waals surface area contributed by atoms with E-state index in [1.807, 2.05) is 30.3 Å². The maximum atomic E-state index is 11.0. The van der Waals surface area contributed by atoms with Crippen LogP contribution in [-0.2, 0) is 0 Å². The van der Waals surface area contributed by atoms with E-state index in [2.05, 4.69) is 25.7 Å². The lowest BCUT2D eigenvalue weighted by molar-refractivity contribution is 0.117. The van der Waals surface area contributed by atoms with E-state index in [1.54, 1.807) is 0 Å². The largest absolute Gasteiger partial charge is 0.465 e. The molecule has 1 N–H and O–H groups in total. The number of halogens is 1. The molecule has 0 radical (unpaired) electrons. The minimum absolute atomic E-state index is 0.181. The van der Waals surface area contributed by atoms with Gasteiger partial charge in [0, 0.05) is 29.1 Å². The molecule has 0 atom stereocenters.